The van der Waals surface area contributed by atoms with E-state index in [2.05, 4.69) is 45.8 Å². The summed E-state index contributed by atoms with van der Waals surface area (Å²) in [5, 5.41) is 0. The third-order valence-corrected chi connectivity index (χ3v) is 13.5. The average molecular weight is 335 g/mol. The van der Waals surface area contributed by atoms with E-state index in [0.29, 0.717) is 6.61 Å². The fourth-order valence-electron chi connectivity index (χ4n) is 3.01. The highest BCUT2D eigenvalue weighted by molar-refractivity contribution is 6.88. The second kappa shape index (κ2) is 4.67. The van der Waals surface area contributed by atoms with Gasteiger partial charge in [-0.25, -0.2) is 4.79 Å². The van der Waals surface area contributed by atoms with Crippen LogP contribution in [0.5, 0.6) is 0 Å². The Morgan fingerprint density at radius 3 is 1.90 bits per heavy atom. The van der Waals surface area contributed by atoms with Crippen molar-refractivity contribution in [1.29, 1.82) is 0 Å². The van der Waals surface area contributed by atoms with E-state index in [-0.39, 0.29) is 5.54 Å². The van der Waals surface area contributed by atoms with E-state index in [9.17, 15) is 4.79 Å². The number of hydrogen-bond donors (Lipinski definition) is 0. The standard InChI is InChI=1S/C12H26O5Si3/c1-18(2,3)16-20(7,17-19(4,5)6)10-8-12(10)9-14-11(13)15-12/h10H,8-9H2,1-7H3. The number of cyclic esters (lactones) is 1. The maximum atomic E-state index is 11.2. The number of ether oxygens (including phenoxy) is 2. The molecule has 1 saturated heterocycles. The van der Waals surface area contributed by atoms with Gasteiger partial charge in [0.2, 0.25) is 0 Å². The summed E-state index contributed by atoms with van der Waals surface area (Å²) >= 11 is 0. The molecule has 1 heterocycles. The van der Waals surface area contributed by atoms with Gasteiger partial charge in [-0.2, -0.15) is 0 Å². The largest absolute Gasteiger partial charge is 0.509 e. The van der Waals surface area contributed by atoms with E-state index in [4.69, 9.17) is 17.7 Å². The zero-order chi connectivity index (χ0) is 15.4. The molecule has 1 saturated carbocycles. The van der Waals surface area contributed by atoms with E-state index in [1.54, 1.807) is 0 Å². The summed E-state index contributed by atoms with van der Waals surface area (Å²) in [7, 11) is -5.83. The summed E-state index contributed by atoms with van der Waals surface area (Å²) < 4.78 is 23.4. The first-order valence-corrected chi connectivity index (χ1v) is 16.3. The molecule has 8 heteroatoms. The Kier molecular flexibility index (Phi) is 3.78. The molecule has 0 amide bonds. The van der Waals surface area contributed by atoms with Crippen molar-refractivity contribution in [2.75, 3.05) is 6.61 Å². The molecule has 2 atom stereocenters. The van der Waals surface area contributed by atoms with Crippen LogP contribution in [0.1, 0.15) is 6.42 Å². The molecule has 1 spiro atoms. The molecular weight excluding hydrogens is 308 g/mol. The van der Waals surface area contributed by atoms with Gasteiger partial charge in [-0.15, -0.1) is 0 Å². The summed E-state index contributed by atoms with van der Waals surface area (Å²) in [4.78, 5) is 11.2. The van der Waals surface area contributed by atoms with Crippen molar-refractivity contribution in [3.63, 3.8) is 0 Å². The van der Waals surface area contributed by atoms with Crippen molar-refractivity contribution in [1.82, 2.24) is 0 Å². The number of carbonyl (C=O) groups is 1. The minimum Gasteiger partial charge on any atom is -0.436 e. The van der Waals surface area contributed by atoms with Crippen LogP contribution in [0.2, 0.25) is 51.4 Å². The first kappa shape index (κ1) is 16.2. The Morgan fingerprint density at radius 1 is 1.05 bits per heavy atom. The van der Waals surface area contributed by atoms with Crippen LogP contribution in [0.3, 0.4) is 0 Å². The lowest BCUT2D eigenvalue weighted by Crippen LogP contribution is -2.54. The van der Waals surface area contributed by atoms with E-state index in [1.165, 1.54) is 0 Å². The first-order valence-electron chi connectivity index (χ1n) is 7.11. The van der Waals surface area contributed by atoms with Gasteiger partial charge in [-0.05, 0) is 52.2 Å². The summed E-state index contributed by atoms with van der Waals surface area (Å²) in [5.74, 6) is 0. The molecule has 1 aliphatic carbocycles. The summed E-state index contributed by atoms with van der Waals surface area (Å²) in [6.07, 6.45) is 0.265. The van der Waals surface area contributed by atoms with Crippen molar-refractivity contribution in [2.45, 2.75) is 63.4 Å². The molecule has 0 aromatic heterocycles. The van der Waals surface area contributed by atoms with Crippen molar-refractivity contribution in [3.8, 4) is 0 Å². The third-order valence-electron chi connectivity index (χ3n) is 3.40. The van der Waals surface area contributed by atoms with Gasteiger partial charge >= 0.3 is 14.7 Å². The zero-order valence-electron chi connectivity index (χ0n) is 13.5. The van der Waals surface area contributed by atoms with Gasteiger partial charge in [0.05, 0.1) is 0 Å². The van der Waals surface area contributed by atoms with Gasteiger partial charge < -0.3 is 17.7 Å². The SMILES string of the molecule is C[Si](C)(C)O[Si](C)(O[Si](C)(C)C)C1CC12COC(=O)O2. The Hall–Kier alpha value is -0.159. The molecule has 0 aromatic carbocycles. The summed E-state index contributed by atoms with van der Waals surface area (Å²) in [5.41, 5.74) is -0.267. The summed E-state index contributed by atoms with van der Waals surface area (Å²) in [6, 6.07) is 0. The maximum absolute atomic E-state index is 11.2. The quantitative estimate of drug-likeness (QED) is 0.569. The number of rotatable bonds is 5. The molecule has 2 unspecified atom stereocenters. The normalized spacial score (nSPS) is 30.4. The average Bonchev–Trinajstić information content (AvgIpc) is 2.72. The Labute approximate surface area is 124 Å². The van der Waals surface area contributed by atoms with Crippen LogP contribution in [0.15, 0.2) is 0 Å². The van der Waals surface area contributed by atoms with Gasteiger partial charge in [-0.1, -0.05) is 0 Å². The van der Waals surface area contributed by atoms with Crippen molar-refractivity contribution in [2.24, 2.45) is 0 Å². The molecule has 0 N–H and O–H groups in total. The van der Waals surface area contributed by atoms with Crippen LogP contribution >= 0.6 is 0 Å². The first-order chi connectivity index (χ1) is 8.85. The molecule has 0 radical (unpaired) electrons. The van der Waals surface area contributed by atoms with E-state index in [0.717, 1.165) is 6.42 Å². The Morgan fingerprint density at radius 2 is 1.55 bits per heavy atom. The maximum Gasteiger partial charge on any atom is 0.509 e. The number of hydrogen-bond acceptors (Lipinski definition) is 5. The Balaban J connectivity index is 2.18. The number of carbonyl (C=O) groups excluding carboxylic acids is 1. The third kappa shape index (κ3) is 3.53. The van der Waals surface area contributed by atoms with Crippen LogP contribution in [-0.4, -0.2) is 43.6 Å². The molecule has 2 aliphatic rings. The lowest BCUT2D eigenvalue weighted by Gasteiger charge is -2.39. The zero-order valence-corrected chi connectivity index (χ0v) is 16.5. The van der Waals surface area contributed by atoms with Crippen LogP contribution in [0, 0.1) is 0 Å². The second-order valence-electron chi connectivity index (χ2n) is 7.91. The fourth-order valence-corrected chi connectivity index (χ4v) is 16.2. The Bertz CT molecular complexity index is 398. The van der Waals surface area contributed by atoms with Gasteiger partial charge in [-0.3, -0.25) is 0 Å². The van der Waals surface area contributed by atoms with Gasteiger partial charge in [0.1, 0.15) is 6.61 Å². The highest BCUT2D eigenvalue weighted by Crippen LogP contribution is 2.61. The van der Waals surface area contributed by atoms with E-state index >= 15 is 0 Å². The molecule has 20 heavy (non-hydrogen) atoms. The lowest BCUT2D eigenvalue weighted by atomic mass is 10.4. The van der Waals surface area contributed by atoms with Crippen LogP contribution in [-0.2, 0) is 17.7 Å². The minimum absolute atomic E-state index is 0.194. The molecule has 116 valence electrons. The van der Waals surface area contributed by atoms with Crippen molar-refractivity contribution < 1.29 is 22.5 Å². The predicted octanol–water partition coefficient (Wildman–Crippen LogP) is 3.44. The van der Waals surface area contributed by atoms with Crippen LogP contribution in [0.4, 0.5) is 4.79 Å². The molecule has 2 rings (SSSR count). The minimum atomic E-state index is -2.39. The molecular formula is C12H26O5Si3. The van der Waals surface area contributed by atoms with Crippen molar-refractivity contribution in [3.05, 3.63) is 0 Å². The highest BCUT2D eigenvalue weighted by atomic mass is 28.5. The van der Waals surface area contributed by atoms with Gasteiger partial charge in [0, 0.05) is 5.54 Å². The van der Waals surface area contributed by atoms with Crippen LogP contribution < -0.4 is 0 Å². The smallest absolute Gasteiger partial charge is 0.436 e. The second-order valence-corrected chi connectivity index (χ2v) is 20.7. The molecule has 5 nitrogen and oxygen atoms in total. The molecule has 0 aromatic rings. The van der Waals surface area contributed by atoms with E-state index < -0.39 is 37.0 Å². The molecule has 0 bridgehead atoms. The van der Waals surface area contributed by atoms with Crippen molar-refractivity contribution >= 4 is 31.4 Å². The lowest BCUT2D eigenvalue weighted by molar-refractivity contribution is 0.111. The van der Waals surface area contributed by atoms with Gasteiger partial charge in [0.15, 0.2) is 22.2 Å². The van der Waals surface area contributed by atoms with Crippen LogP contribution in [0.25, 0.3) is 0 Å². The monoisotopic (exact) mass is 334 g/mol. The van der Waals surface area contributed by atoms with E-state index in [1.807, 2.05) is 0 Å². The summed E-state index contributed by atoms with van der Waals surface area (Å²) in [6.45, 7) is 15.6. The fraction of sp³-hybridized carbons (Fsp3) is 0.917. The molecule has 2 fully saturated rings. The topological polar surface area (TPSA) is 54.0 Å². The molecule has 1 aliphatic heterocycles. The predicted molar refractivity (Wildman–Crippen MR) is 84.0 cm³/mol. The van der Waals surface area contributed by atoms with Gasteiger partial charge in [0.25, 0.3) is 0 Å². The highest BCUT2D eigenvalue weighted by Gasteiger charge is 2.72.